The zero-order chi connectivity index (χ0) is 16.2. The Morgan fingerprint density at radius 2 is 1.83 bits per heavy atom. The molecule has 0 atom stereocenters. The molecule has 0 aliphatic rings. The summed E-state index contributed by atoms with van der Waals surface area (Å²) in [6, 6.07) is 17.8. The Balaban J connectivity index is 1.96. The molecule has 0 aliphatic carbocycles. The third-order valence-corrected chi connectivity index (χ3v) is 3.57. The van der Waals surface area contributed by atoms with Gasteiger partial charge in [-0.05, 0) is 31.1 Å². The number of aryl methyl sites for hydroxylation is 2. The van der Waals surface area contributed by atoms with Gasteiger partial charge in [-0.1, -0.05) is 59.3 Å². The maximum Gasteiger partial charge on any atom is 0.268 e. The Kier molecular flexibility index (Phi) is 4.03. The molecule has 0 radical (unpaired) electrons. The van der Waals surface area contributed by atoms with E-state index in [9.17, 15) is 5.26 Å². The monoisotopic (exact) mass is 301 g/mol. The fraction of sp³-hybridized carbons (Fsp3) is 0.105. The largest absolute Gasteiger partial charge is 0.333 e. The van der Waals surface area contributed by atoms with Gasteiger partial charge in [-0.25, -0.2) is 0 Å². The summed E-state index contributed by atoms with van der Waals surface area (Å²) in [6.45, 7) is 4.01. The van der Waals surface area contributed by atoms with Gasteiger partial charge in [0.1, 0.15) is 11.6 Å². The predicted molar refractivity (Wildman–Crippen MR) is 89.1 cm³/mol. The van der Waals surface area contributed by atoms with Gasteiger partial charge in [0.25, 0.3) is 5.89 Å². The molecule has 1 heterocycles. The van der Waals surface area contributed by atoms with Crippen LogP contribution in [0.2, 0.25) is 0 Å². The summed E-state index contributed by atoms with van der Waals surface area (Å²) in [5.74, 6) is 0.706. The minimum absolute atomic E-state index is 0.228. The molecule has 2 aromatic carbocycles. The number of hydrogen-bond donors (Lipinski definition) is 0. The number of allylic oxidation sites excluding steroid dienone is 1. The molecule has 0 bridgehead atoms. The third-order valence-electron chi connectivity index (χ3n) is 3.57. The first-order valence-electron chi connectivity index (χ1n) is 7.26. The van der Waals surface area contributed by atoms with E-state index in [4.69, 9.17) is 4.52 Å². The molecule has 3 aromatic rings. The van der Waals surface area contributed by atoms with Crippen LogP contribution in [-0.2, 0) is 0 Å². The fourth-order valence-corrected chi connectivity index (χ4v) is 2.20. The Morgan fingerprint density at radius 1 is 1.09 bits per heavy atom. The van der Waals surface area contributed by atoms with Gasteiger partial charge in [0, 0.05) is 5.56 Å². The number of aromatic nitrogens is 2. The summed E-state index contributed by atoms with van der Waals surface area (Å²) in [6.07, 6.45) is 1.77. The van der Waals surface area contributed by atoms with Crippen LogP contribution in [0.5, 0.6) is 0 Å². The van der Waals surface area contributed by atoms with E-state index >= 15 is 0 Å². The van der Waals surface area contributed by atoms with Crippen molar-refractivity contribution in [3.8, 4) is 17.5 Å². The van der Waals surface area contributed by atoms with Crippen LogP contribution in [0.25, 0.3) is 23.0 Å². The smallest absolute Gasteiger partial charge is 0.268 e. The van der Waals surface area contributed by atoms with Gasteiger partial charge < -0.3 is 4.52 Å². The van der Waals surface area contributed by atoms with Crippen molar-refractivity contribution in [1.29, 1.82) is 5.26 Å². The van der Waals surface area contributed by atoms with Crippen LogP contribution in [0.4, 0.5) is 0 Å². The second-order valence-electron chi connectivity index (χ2n) is 5.32. The van der Waals surface area contributed by atoms with E-state index in [0.29, 0.717) is 11.4 Å². The van der Waals surface area contributed by atoms with Crippen molar-refractivity contribution in [2.45, 2.75) is 13.8 Å². The molecule has 0 aliphatic heterocycles. The summed E-state index contributed by atoms with van der Waals surface area (Å²) < 4.78 is 5.26. The number of nitriles is 1. The van der Waals surface area contributed by atoms with E-state index in [-0.39, 0.29) is 5.89 Å². The van der Waals surface area contributed by atoms with E-state index < -0.39 is 0 Å². The van der Waals surface area contributed by atoms with Crippen LogP contribution in [-0.4, -0.2) is 10.1 Å². The highest BCUT2D eigenvalue weighted by molar-refractivity contribution is 5.87. The van der Waals surface area contributed by atoms with Gasteiger partial charge in [-0.2, -0.15) is 10.2 Å². The molecule has 0 amide bonds. The SMILES string of the molecule is Cc1ccc(-c2noc(/C(C#N)=C/c3ccccc3C)n2)cc1. The summed E-state index contributed by atoms with van der Waals surface area (Å²) in [4.78, 5) is 4.34. The number of hydrogen-bond acceptors (Lipinski definition) is 4. The molecule has 1 aromatic heterocycles. The first-order chi connectivity index (χ1) is 11.2. The minimum atomic E-state index is 0.228. The highest BCUT2D eigenvalue weighted by Gasteiger charge is 2.13. The Labute approximate surface area is 134 Å². The van der Waals surface area contributed by atoms with Gasteiger partial charge in [0.05, 0.1) is 0 Å². The Bertz CT molecular complexity index is 899. The van der Waals surface area contributed by atoms with Crippen molar-refractivity contribution in [2.24, 2.45) is 0 Å². The summed E-state index contributed by atoms with van der Waals surface area (Å²) in [5.41, 5.74) is 4.41. The Hall–Kier alpha value is -3.19. The number of benzene rings is 2. The second kappa shape index (κ2) is 6.29. The normalized spacial score (nSPS) is 11.3. The molecule has 0 saturated carbocycles. The van der Waals surface area contributed by atoms with Crippen molar-refractivity contribution in [3.63, 3.8) is 0 Å². The van der Waals surface area contributed by atoms with Crippen LogP contribution >= 0.6 is 0 Å². The average Bonchev–Trinajstić information content (AvgIpc) is 3.04. The fourth-order valence-electron chi connectivity index (χ4n) is 2.20. The molecule has 0 fully saturated rings. The minimum Gasteiger partial charge on any atom is -0.333 e. The van der Waals surface area contributed by atoms with Gasteiger partial charge >= 0.3 is 0 Å². The van der Waals surface area contributed by atoms with Gasteiger partial charge in [-0.3, -0.25) is 0 Å². The van der Waals surface area contributed by atoms with Crippen molar-refractivity contribution in [1.82, 2.24) is 10.1 Å². The molecule has 112 valence electrons. The van der Waals surface area contributed by atoms with E-state index in [1.165, 1.54) is 0 Å². The molecule has 4 heteroatoms. The number of nitrogens with zero attached hydrogens (tertiary/aromatic N) is 3. The van der Waals surface area contributed by atoms with Gasteiger partial charge in [0.2, 0.25) is 5.82 Å². The third kappa shape index (κ3) is 3.19. The molecule has 0 unspecified atom stereocenters. The quantitative estimate of drug-likeness (QED) is 0.672. The maximum atomic E-state index is 9.40. The van der Waals surface area contributed by atoms with Gasteiger partial charge in [-0.15, -0.1) is 0 Å². The second-order valence-corrected chi connectivity index (χ2v) is 5.32. The lowest BCUT2D eigenvalue weighted by molar-refractivity contribution is 0.409. The average molecular weight is 301 g/mol. The molecule has 23 heavy (non-hydrogen) atoms. The van der Waals surface area contributed by atoms with Crippen molar-refractivity contribution in [3.05, 3.63) is 71.1 Å². The van der Waals surface area contributed by atoms with E-state index in [2.05, 4.69) is 16.2 Å². The van der Waals surface area contributed by atoms with Crippen LogP contribution in [0.15, 0.2) is 53.1 Å². The first kappa shape index (κ1) is 14.7. The lowest BCUT2D eigenvalue weighted by Gasteiger charge is -1.99. The predicted octanol–water partition coefficient (Wildman–Crippen LogP) is 4.42. The molecule has 0 spiro atoms. The molecule has 3 rings (SSSR count). The lowest BCUT2D eigenvalue weighted by atomic mass is 10.1. The van der Waals surface area contributed by atoms with E-state index in [1.807, 2.05) is 62.4 Å². The lowest BCUT2D eigenvalue weighted by Crippen LogP contribution is -1.85. The molecular formula is C19H15N3O. The zero-order valence-corrected chi connectivity index (χ0v) is 12.9. The van der Waals surface area contributed by atoms with Crippen LogP contribution in [0.3, 0.4) is 0 Å². The zero-order valence-electron chi connectivity index (χ0n) is 12.9. The molecule has 0 saturated heterocycles. The summed E-state index contributed by atoms with van der Waals surface area (Å²) in [5, 5.41) is 13.4. The molecule has 4 nitrogen and oxygen atoms in total. The highest BCUT2D eigenvalue weighted by atomic mass is 16.5. The number of rotatable bonds is 3. The van der Waals surface area contributed by atoms with E-state index in [0.717, 1.165) is 22.3 Å². The first-order valence-corrected chi connectivity index (χ1v) is 7.26. The Morgan fingerprint density at radius 3 is 2.52 bits per heavy atom. The molecule has 0 N–H and O–H groups in total. The van der Waals surface area contributed by atoms with Crippen molar-refractivity contribution >= 4 is 11.6 Å². The topological polar surface area (TPSA) is 62.7 Å². The van der Waals surface area contributed by atoms with Gasteiger partial charge in [0.15, 0.2) is 0 Å². The van der Waals surface area contributed by atoms with Crippen LogP contribution < -0.4 is 0 Å². The highest BCUT2D eigenvalue weighted by Crippen LogP contribution is 2.22. The van der Waals surface area contributed by atoms with Crippen LogP contribution in [0.1, 0.15) is 22.6 Å². The van der Waals surface area contributed by atoms with Crippen molar-refractivity contribution < 1.29 is 4.52 Å². The maximum absolute atomic E-state index is 9.40. The summed E-state index contributed by atoms with van der Waals surface area (Å²) in [7, 11) is 0. The van der Waals surface area contributed by atoms with E-state index in [1.54, 1.807) is 6.08 Å². The van der Waals surface area contributed by atoms with Crippen molar-refractivity contribution in [2.75, 3.05) is 0 Å². The van der Waals surface area contributed by atoms with Crippen LogP contribution in [0, 0.1) is 25.2 Å². The standard InChI is InChI=1S/C19H15N3O/c1-13-7-9-15(10-8-13)18-21-19(23-22-18)17(12-20)11-16-6-4-3-5-14(16)2/h3-11H,1-2H3/b17-11+. The molecular weight excluding hydrogens is 286 g/mol. The summed E-state index contributed by atoms with van der Waals surface area (Å²) >= 11 is 0.